The summed E-state index contributed by atoms with van der Waals surface area (Å²) in [6.07, 6.45) is 9.77. The molecule has 5 heteroatoms. The molecule has 122 valence electrons. The van der Waals surface area contributed by atoms with Crippen LogP contribution in [-0.4, -0.2) is 64.4 Å². The maximum Gasteiger partial charge on any atom is 0.0376 e. The van der Waals surface area contributed by atoms with Crippen LogP contribution in [0.25, 0.3) is 0 Å². The molecule has 0 spiro atoms. The molecular formula is C16H33N5. The Bertz CT molecular complexity index is 276. The number of nitrogens with one attached hydrogen (secondary N) is 5. The lowest BCUT2D eigenvalue weighted by Crippen LogP contribution is -2.44. The number of piperidine rings is 1. The van der Waals surface area contributed by atoms with Gasteiger partial charge in [0.25, 0.3) is 0 Å². The highest BCUT2D eigenvalue weighted by Crippen LogP contribution is 2.05. The third-order valence-electron chi connectivity index (χ3n) is 4.21. The van der Waals surface area contributed by atoms with Crippen molar-refractivity contribution in [1.82, 2.24) is 26.6 Å². The van der Waals surface area contributed by atoms with E-state index in [1.54, 1.807) is 0 Å². The lowest BCUT2D eigenvalue weighted by Gasteiger charge is -2.23. The highest BCUT2D eigenvalue weighted by molar-refractivity contribution is 4.98. The number of hydrogen-bond donors (Lipinski definition) is 5. The molecule has 5 nitrogen and oxygen atoms in total. The zero-order chi connectivity index (χ0) is 14.6. The summed E-state index contributed by atoms with van der Waals surface area (Å²) in [6.45, 7) is 8.64. The fourth-order valence-electron chi connectivity index (χ4n) is 2.93. The van der Waals surface area contributed by atoms with Gasteiger partial charge in [0, 0.05) is 51.4 Å². The maximum absolute atomic E-state index is 3.56. The second-order valence-corrected chi connectivity index (χ2v) is 6.08. The molecule has 0 radical (unpaired) electrons. The van der Waals surface area contributed by atoms with Crippen molar-refractivity contribution in [2.45, 2.75) is 37.8 Å². The monoisotopic (exact) mass is 295 g/mol. The fourth-order valence-corrected chi connectivity index (χ4v) is 2.93. The maximum atomic E-state index is 3.56. The molecule has 0 saturated carbocycles. The van der Waals surface area contributed by atoms with E-state index in [1.807, 2.05) is 0 Å². The topological polar surface area (TPSA) is 60.1 Å². The Morgan fingerprint density at radius 3 is 2.38 bits per heavy atom. The third-order valence-corrected chi connectivity index (χ3v) is 4.21. The largest absolute Gasteiger partial charge is 0.314 e. The van der Waals surface area contributed by atoms with E-state index in [2.05, 4.69) is 38.7 Å². The van der Waals surface area contributed by atoms with E-state index < -0.39 is 0 Å². The van der Waals surface area contributed by atoms with E-state index in [0.717, 1.165) is 45.8 Å². The predicted octanol–water partition coefficient (Wildman–Crippen LogP) is -0.185. The fraction of sp³-hybridized carbons (Fsp3) is 0.875. The van der Waals surface area contributed by atoms with Gasteiger partial charge in [-0.25, -0.2) is 0 Å². The minimum atomic E-state index is 0.517. The van der Waals surface area contributed by atoms with Gasteiger partial charge in [0.05, 0.1) is 0 Å². The van der Waals surface area contributed by atoms with E-state index in [-0.39, 0.29) is 0 Å². The smallest absolute Gasteiger partial charge is 0.0376 e. The zero-order valence-electron chi connectivity index (χ0n) is 13.3. The summed E-state index contributed by atoms with van der Waals surface area (Å²) >= 11 is 0. The van der Waals surface area contributed by atoms with Crippen LogP contribution in [0.5, 0.6) is 0 Å². The Morgan fingerprint density at radius 1 is 0.857 bits per heavy atom. The van der Waals surface area contributed by atoms with Crippen LogP contribution >= 0.6 is 0 Å². The van der Waals surface area contributed by atoms with Crippen LogP contribution in [-0.2, 0) is 0 Å². The second-order valence-electron chi connectivity index (χ2n) is 6.08. The van der Waals surface area contributed by atoms with Gasteiger partial charge in [-0.1, -0.05) is 18.6 Å². The molecule has 2 aliphatic rings. The van der Waals surface area contributed by atoms with Gasteiger partial charge in [0.15, 0.2) is 0 Å². The van der Waals surface area contributed by atoms with Crippen LogP contribution in [0.4, 0.5) is 0 Å². The molecule has 2 atom stereocenters. The molecule has 2 aliphatic heterocycles. The molecule has 5 N–H and O–H groups in total. The van der Waals surface area contributed by atoms with E-state index in [0.29, 0.717) is 12.1 Å². The van der Waals surface area contributed by atoms with Crippen molar-refractivity contribution < 1.29 is 0 Å². The molecule has 2 unspecified atom stereocenters. The summed E-state index contributed by atoms with van der Waals surface area (Å²) < 4.78 is 0. The van der Waals surface area contributed by atoms with Crippen molar-refractivity contribution in [3.63, 3.8) is 0 Å². The standard InChI is InChI=1S/C16H33N5/c1-3-7-20-15(5-1)13-18-11-9-17-10-12-19-14-16-6-2-4-8-21-16/h1,5,15-21H,2-4,6-14H2. The molecule has 0 bridgehead atoms. The molecule has 21 heavy (non-hydrogen) atoms. The van der Waals surface area contributed by atoms with Crippen LogP contribution in [0.15, 0.2) is 12.2 Å². The second kappa shape index (κ2) is 11.2. The summed E-state index contributed by atoms with van der Waals surface area (Å²) in [5.41, 5.74) is 0. The first-order chi connectivity index (χ1) is 10.4. The minimum Gasteiger partial charge on any atom is -0.314 e. The van der Waals surface area contributed by atoms with Crippen molar-refractivity contribution >= 4 is 0 Å². The van der Waals surface area contributed by atoms with E-state index in [1.165, 1.54) is 32.2 Å². The van der Waals surface area contributed by atoms with Crippen LogP contribution in [0, 0.1) is 0 Å². The highest BCUT2D eigenvalue weighted by Gasteiger charge is 2.10. The molecule has 2 rings (SSSR count). The minimum absolute atomic E-state index is 0.517. The van der Waals surface area contributed by atoms with Gasteiger partial charge >= 0.3 is 0 Å². The summed E-state index contributed by atoms with van der Waals surface area (Å²) in [6, 6.07) is 1.21. The first kappa shape index (κ1) is 16.9. The number of hydrogen-bond acceptors (Lipinski definition) is 5. The van der Waals surface area contributed by atoms with Gasteiger partial charge in [-0.15, -0.1) is 0 Å². The van der Waals surface area contributed by atoms with Crippen LogP contribution in [0.1, 0.15) is 25.7 Å². The zero-order valence-corrected chi connectivity index (χ0v) is 13.3. The average molecular weight is 295 g/mol. The normalized spacial score (nSPS) is 26.1. The Hall–Kier alpha value is -0.460. The van der Waals surface area contributed by atoms with Gasteiger partial charge < -0.3 is 26.6 Å². The molecule has 1 saturated heterocycles. The Kier molecular flexibility index (Phi) is 8.98. The molecule has 1 fully saturated rings. The van der Waals surface area contributed by atoms with Gasteiger partial charge in [0.2, 0.25) is 0 Å². The molecule has 2 heterocycles. The van der Waals surface area contributed by atoms with Crippen LogP contribution in [0.3, 0.4) is 0 Å². The van der Waals surface area contributed by atoms with Gasteiger partial charge in [-0.3, -0.25) is 0 Å². The van der Waals surface area contributed by atoms with Gasteiger partial charge in [0.1, 0.15) is 0 Å². The third kappa shape index (κ3) is 7.93. The van der Waals surface area contributed by atoms with Crippen molar-refractivity contribution in [2.75, 3.05) is 52.4 Å². The van der Waals surface area contributed by atoms with Crippen LogP contribution < -0.4 is 26.6 Å². The quantitative estimate of drug-likeness (QED) is 0.286. The lowest BCUT2D eigenvalue weighted by molar-refractivity contribution is 0.383. The van der Waals surface area contributed by atoms with Crippen LogP contribution in [0.2, 0.25) is 0 Å². The SMILES string of the molecule is C1=CC(CNCCNCCNCC2CCCCN2)NCC1. The molecular weight excluding hydrogens is 262 g/mol. The summed E-state index contributed by atoms with van der Waals surface area (Å²) in [5, 5.41) is 17.5. The predicted molar refractivity (Wildman–Crippen MR) is 89.8 cm³/mol. The van der Waals surface area contributed by atoms with Gasteiger partial charge in [-0.05, 0) is 32.4 Å². The number of rotatable bonds is 10. The Balaban J connectivity index is 1.32. The molecule has 0 amide bonds. The van der Waals surface area contributed by atoms with E-state index in [9.17, 15) is 0 Å². The summed E-state index contributed by atoms with van der Waals surface area (Å²) in [4.78, 5) is 0. The van der Waals surface area contributed by atoms with Crippen molar-refractivity contribution in [1.29, 1.82) is 0 Å². The Labute approximate surface area is 129 Å². The Morgan fingerprint density at radius 2 is 1.67 bits per heavy atom. The van der Waals surface area contributed by atoms with E-state index in [4.69, 9.17) is 0 Å². The molecule has 0 aromatic carbocycles. The summed E-state index contributed by atoms with van der Waals surface area (Å²) in [5.74, 6) is 0. The van der Waals surface area contributed by atoms with E-state index >= 15 is 0 Å². The first-order valence-electron chi connectivity index (χ1n) is 8.71. The van der Waals surface area contributed by atoms with Crippen molar-refractivity contribution in [2.24, 2.45) is 0 Å². The lowest BCUT2D eigenvalue weighted by atomic mass is 10.1. The first-order valence-corrected chi connectivity index (χ1v) is 8.71. The summed E-state index contributed by atoms with van der Waals surface area (Å²) in [7, 11) is 0. The molecule has 0 aliphatic carbocycles. The highest BCUT2D eigenvalue weighted by atomic mass is 15.0. The average Bonchev–Trinajstić information content (AvgIpc) is 2.55. The molecule has 0 aromatic heterocycles. The van der Waals surface area contributed by atoms with Crippen molar-refractivity contribution in [3.05, 3.63) is 12.2 Å². The van der Waals surface area contributed by atoms with Crippen molar-refractivity contribution in [3.8, 4) is 0 Å². The van der Waals surface area contributed by atoms with Gasteiger partial charge in [-0.2, -0.15) is 0 Å². The molecule has 0 aromatic rings.